The summed E-state index contributed by atoms with van der Waals surface area (Å²) < 4.78 is 4.89. The minimum absolute atomic E-state index is 0.00442. The van der Waals surface area contributed by atoms with Gasteiger partial charge in [0, 0.05) is 45.3 Å². The number of hydrogen-bond donors (Lipinski definition) is 2. The van der Waals surface area contributed by atoms with Crippen molar-refractivity contribution >= 4 is 12.0 Å². The molecule has 0 bridgehead atoms. The van der Waals surface area contributed by atoms with Crippen LogP contribution in [-0.2, 0) is 9.53 Å². The van der Waals surface area contributed by atoms with Gasteiger partial charge in [-0.25, -0.2) is 4.79 Å². The zero-order valence-electron chi connectivity index (χ0n) is 12.8. The van der Waals surface area contributed by atoms with Gasteiger partial charge in [0.2, 0.25) is 5.91 Å². The summed E-state index contributed by atoms with van der Waals surface area (Å²) in [5.74, 6) is 0.159. The van der Waals surface area contributed by atoms with E-state index in [9.17, 15) is 9.59 Å². The van der Waals surface area contributed by atoms with Gasteiger partial charge in [-0.2, -0.15) is 0 Å². The van der Waals surface area contributed by atoms with E-state index in [0.29, 0.717) is 19.7 Å². The van der Waals surface area contributed by atoms with Crippen LogP contribution < -0.4 is 10.6 Å². The van der Waals surface area contributed by atoms with Gasteiger partial charge >= 0.3 is 6.09 Å². The number of alkyl carbamates (subject to hydrolysis) is 1. The molecule has 1 atom stereocenters. The highest BCUT2D eigenvalue weighted by atomic mass is 16.5. The summed E-state index contributed by atoms with van der Waals surface area (Å²) in [6.45, 7) is 7.73. The molecule has 2 fully saturated rings. The smallest absolute Gasteiger partial charge is 0.407 e. The Labute approximate surface area is 126 Å². The van der Waals surface area contributed by atoms with Crippen LogP contribution >= 0.6 is 0 Å². The van der Waals surface area contributed by atoms with E-state index < -0.39 is 0 Å². The summed E-state index contributed by atoms with van der Waals surface area (Å²) in [5.41, 5.74) is 0. The lowest BCUT2D eigenvalue weighted by molar-refractivity contribution is -0.133. The van der Waals surface area contributed by atoms with E-state index in [1.165, 1.54) is 0 Å². The van der Waals surface area contributed by atoms with Crippen molar-refractivity contribution in [3.05, 3.63) is 0 Å². The first kappa shape index (κ1) is 16.0. The first-order valence-electron chi connectivity index (χ1n) is 7.83. The maximum Gasteiger partial charge on any atom is 0.407 e. The Morgan fingerprint density at radius 2 is 2.05 bits per heavy atom. The monoisotopic (exact) mass is 298 g/mol. The van der Waals surface area contributed by atoms with E-state index in [1.54, 1.807) is 6.92 Å². The van der Waals surface area contributed by atoms with E-state index in [0.717, 1.165) is 45.6 Å². The van der Waals surface area contributed by atoms with Crippen LogP contribution in [0.1, 0.15) is 19.8 Å². The Morgan fingerprint density at radius 1 is 1.29 bits per heavy atom. The van der Waals surface area contributed by atoms with Crippen LogP contribution in [0.4, 0.5) is 4.79 Å². The highest BCUT2D eigenvalue weighted by molar-refractivity contribution is 5.78. The molecule has 0 saturated carbocycles. The van der Waals surface area contributed by atoms with Crippen molar-refractivity contribution < 1.29 is 14.3 Å². The average molecular weight is 298 g/mol. The molecule has 0 aliphatic carbocycles. The Bertz CT molecular complexity index is 358. The Hall–Kier alpha value is -1.34. The number of amides is 2. The highest BCUT2D eigenvalue weighted by Gasteiger charge is 2.26. The van der Waals surface area contributed by atoms with Crippen LogP contribution in [-0.4, -0.2) is 80.3 Å². The number of piperazine rings is 1. The second-order valence-electron chi connectivity index (χ2n) is 5.57. The van der Waals surface area contributed by atoms with Crippen LogP contribution in [0.25, 0.3) is 0 Å². The molecule has 2 heterocycles. The maximum absolute atomic E-state index is 12.3. The average Bonchev–Trinajstić information content (AvgIpc) is 2.48. The molecule has 2 N–H and O–H groups in total. The number of carbonyl (C=O) groups excluding carboxylic acids is 2. The number of carbonyl (C=O) groups is 2. The molecule has 7 nitrogen and oxygen atoms in total. The molecule has 2 aliphatic heterocycles. The molecule has 0 aromatic heterocycles. The van der Waals surface area contributed by atoms with Gasteiger partial charge < -0.3 is 20.3 Å². The zero-order chi connectivity index (χ0) is 15.1. The summed E-state index contributed by atoms with van der Waals surface area (Å²) in [7, 11) is 0. The number of likely N-dealkylation sites (tertiary alicyclic amines) is 1. The molecule has 0 spiro atoms. The van der Waals surface area contributed by atoms with Crippen molar-refractivity contribution in [3.63, 3.8) is 0 Å². The molecule has 2 saturated heterocycles. The predicted molar refractivity (Wildman–Crippen MR) is 79.1 cm³/mol. The van der Waals surface area contributed by atoms with Crippen LogP contribution in [0.3, 0.4) is 0 Å². The molecular weight excluding hydrogens is 272 g/mol. The van der Waals surface area contributed by atoms with Crippen LogP contribution in [0, 0.1) is 0 Å². The fourth-order valence-electron chi connectivity index (χ4n) is 2.82. The fraction of sp³-hybridized carbons (Fsp3) is 0.857. The van der Waals surface area contributed by atoms with Crippen molar-refractivity contribution in [1.82, 2.24) is 20.4 Å². The van der Waals surface area contributed by atoms with Gasteiger partial charge in [0.05, 0.1) is 13.2 Å². The van der Waals surface area contributed by atoms with Gasteiger partial charge in [-0.3, -0.25) is 9.69 Å². The van der Waals surface area contributed by atoms with Crippen LogP contribution in [0.5, 0.6) is 0 Å². The lowest BCUT2D eigenvalue weighted by atomic mass is 10.1. The third kappa shape index (κ3) is 5.17. The lowest BCUT2D eigenvalue weighted by Crippen LogP contribution is -2.53. The lowest BCUT2D eigenvalue weighted by Gasteiger charge is -2.35. The van der Waals surface area contributed by atoms with Gasteiger partial charge in [0.25, 0.3) is 0 Å². The fourth-order valence-corrected chi connectivity index (χ4v) is 2.82. The zero-order valence-corrected chi connectivity index (χ0v) is 12.8. The minimum Gasteiger partial charge on any atom is -0.450 e. The molecule has 120 valence electrons. The number of nitrogens with one attached hydrogen (secondary N) is 2. The van der Waals surface area contributed by atoms with Gasteiger partial charge in [-0.1, -0.05) is 0 Å². The van der Waals surface area contributed by atoms with Crippen LogP contribution in [0.2, 0.25) is 0 Å². The SMILES string of the molecule is CCOC(=O)NC1CCCN(C(=O)CN2CCNCC2)C1. The molecule has 0 aromatic carbocycles. The number of piperidine rings is 1. The molecule has 21 heavy (non-hydrogen) atoms. The normalized spacial score (nSPS) is 23.7. The molecular formula is C14H26N4O3. The number of hydrogen-bond acceptors (Lipinski definition) is 5. The standard InChI is InChI=1S/C14H26N4O3/c1-2-21-14(20)16-12-4-3-7-18(10-12)13(19)11-17-8-5-15-6-9-17/h12,15H,2-11H2,1H3,(H,16,20). The number of rotatable bonds is 4. The third-order valence-electron chi connectivity index (χ3n) is 3.94. The molecule has 7 heteroatoms. The van der Waals surface area contributed by atoms with E-state index in [4.69, 9.17) is 4.74 Å². The summed E-state index contributed by atoms with van der Waals surface area (Å²) in [4.78, 5) is 27.8. The van der Waals surface area contributed by atoms with E-state index in [-0.39, 0.29) is 18.0 Å². The maximum atomic E-state index is 12.3. The molecule has 2 aliphatic rings. The summed E-state index contributed by atoms with van der Waals surface area (Å²) >= 11 is 0. The first-order chi connectivity index (χ1) is 10.2. The molecule has 2 rings (SSSR count). The van der Waals surface area contributed by atoms with Crippen molar-refractivity contribution in [2.24, 2.45) is 0 Å². The largest absolute Gasteiger partial charge is 0.450 e. The minimum atomic E-state index is -0.390. The summed E-state index contributed by atoms with van der Waals surface area (Å²) in [6.07, 6.45) is 1.43. The Balaban J connectivity index is 1.76. The van der Waals surface area contributed by atoms with Gasteiger partial charge in [-0.05, 0) is 19.8 Å². The van der Waals surface area contributed by atoms with E-state index >= 15 is 0 Å². The Kier molecular flexibility index (Phi) is 6.25. The first-order valence-corrected chi connectivity index (χ1v) is 7.83. The van der Waals surface area contributed by atoms with E-state index in [2.05, 4.69) is 15.5 Å². The van der Waals surface area contributed by atoms with Crippen LogP contribution in [0.15, 0.2) is 0 Å². The van der Waals surface area contributed by atoms with Crippen molar-refractivity contribution in [1.29, 1.82) is 0 Å². The van der Waals surface area contributed by atoms with Gasteiger partial charge in [-0.15, -0.1) is 0 Å². The van der Waals surface area contributed by atoms with Crippen molar-refractivity contribution in [2.45, 2.75) is 25.8 Å². The van der Waals surface area contributed by atoms with E-state index in [1.807, 2.05) is 4.90 Å². The molecule has 1 unspecified atom stereocenters. The second-order valence-corrected chi connectivity index (χ2v) is 5.57. The number of ether oxygens (including phenoxy) is 1. The van der Waals surface area contributed by atoms with Crippen molar-refractivity contribution in [3.8, 4) is 0 Å². The molecule has 2 amide bonds. The molecule has 0 aromatic rings. The second kappa shape index (κ2) is 8.19. The predicted octanol–water partition coefficient (Wildman–Crippen LogP) is -0.371. The number of nitrogens with zero attached hydrogens (tertiary/aromatic N) is 2. The highest BCUT2D eigenvalue weighted by Crippen LogP contribution is 2.11. The van der Waals surface area contributed by atoms with Gasteiger partial charge in [0.15, 0.2) is 0 Å². The summed E-state index contributed by atoms with van der Waals surface area (Å²) in [5, 5.41) is 6.11. The van der Waals surface area contributed by atoms with Gasteiger partial charge in [0.1, 0.15) is 0 Å². The third-order valence-corrected chi connectivity index (χ3v) is 3.94. The molecule has 0 radical (unpaired) electrons. The summed E-state index contributed by atoms with van der Waals surface area (Å²) in [6, 6.07) is 0.00442. The van der Waals surface area contributed by atoms with Crippen molar-refractivity contribution in [2.75, 3.05) is 52.4 Å². The quantitative estimate of drug-likeness (QED) is 0.741. The Morgan fingerprint density at radius 3 is 2.76 bits per heavy atom. The topological polar surface area (TPSA) is 73.9 Å².